The number of ether oxygens (including phenoxy) is 3. The van der Waals surface area contributed by atoms with E-state index < -0.39 is 24.5 Å². The zero-order valence-electron chi connectivity index (χ0n) is 17.0. The van der Waals surface area contributed by atoms with Gasteiger partial charge in [0.2, 0.25) is 0 Å². The van der Waals surface area contributed by atoms with Crippen LogP contribution in [0.2, 0.25) is 0 Å². The number of nitrogens with one attached hydrogen (secondary N) is 1. The molecule has 1 N–H and O–H groups in total. The number of benzene rings is 1. The number of thiophene rings is 1. The lowest BCUT2D eigenvalue weighted by molar-refractivity contribution is -0.146. The van der Waals surface area contributed by atoms with Gasteiger partial charge >= 0.3 is 11.9 Å². The average molecular weight is 419 g/mol. The second-order valence-corrected chi connectivity index (χ2v) is 7.38. The molecule has 0 aliphatic carbocycles. The van der Waals surface area contributed by atoms with Gasteiger partial charge in [-0.3, -0.25) is 9.59 Å². The standard InChI is InChI=1S/C21H25NO6S/c1-5-16-13(3)29-20(19(16)21(25)27-6-2)22-17(23)12-28-18(24)11-14-8-7-9-15(10-14)26-4/h7-10H,5-6,11-12H2,1-4H3,(H,22,23). The largest absolute Gasteiger partial charge is 0.497 e. The van der Waals surface area contributed by atoms with Gasteiger partial charge in [-0.15, -0.1) is 11.3 Å². The molecule has 0 saturated carbocycles. The Morgan fingerprint density at radius 2 is 1.90 bits per heavy atom. The first-order valence-electron chi connectivity index (χ1n) is 9.27. The van der Waals surface area contributed by atoms with E-state index in [1.54, 1.807) is 38.3 Å². The molecule has 1 aromatic carbocycles. The SMILES string of the molecule is CCOC(=O)c1c(NC(=O)COC(=O)Cc2cccc(OC)c2)sc(C)c1CC. The van der Waals surface area contributed by atoms with E-state index in [1.165, 1.54) is 11.3 Å². The Bertz CT molecular complexity index is 889. The molecule has 1 aromatic heterocycles. The van der Waals surface area contributed by atoms with Gasteiger partial charge in [0, 0.05) is 4.88 Å². The van der Waals surface area contributed by atoms with Gasteiger partial charge in [0.1, 0.15) is 10.8 Å². The minimum atomic E-state index is -0.532. The highest BCUT2D eigenvalue weighted by atomic mass is 32.1. The lowest BCUT2D eigenvalue weighted by Crippen LogP contribution is -2.22. The normalized spacial score (nSPS) is 10.3. The molecule has 0 unspecified atom stereocenters. The van der Waals surface area contributed by atoms with Gasteiger partial charge in [-0.1, -0.05) is 19.1 Å². The smallest absolute Gasteiger partial charge is 0.341 e. The summed E-state index contributed by atoms with van der Waals surface area (Å²) < 4.78 is 15.3. The third-order valence-corrected chi connectivity index (χ3v) is 5.20. The van der Waals surface area contributed by atoms with Crippen LogP contribution in [-0.4, -0.2) is 38.2 Å². The predicted molar refractivity (Wildman–Crippen MR) is 111 cm³/mol. The Hall–Kier alpha value is -2.87. The number of carbonyl (C=O) groups excluding carboxylic acids is 3. The van der Waals surface area contributed by atoms with Crippen molar-refractivity contribution in [2.75, 3.05) is 25.6 Å². The fraction of sp³-hybridized carbons (Fsp3) is 0.381. The maximum Gasteiger partial charge on any atom is 0.341 e. The Kier molecular flexibility index (Phi) is 8.21. The highest BCUT2D eigenvalue weighted by Gasteiger charge is 2.23. The van der Waals surface area contributed by atoms with Gasteiger partial charge in [0.05, 0.1) is 25.7 Å². The summed E-state index contributed by atoms with van der Waals surface area (Å²) in [5.74, 6) is -0.882. The number of carbonyl (C=O) groups is 3. The molecule has 2 rings (SSSR count). The molecule has 0 fully saturated rings. The van der Waals surface area contributed by atoms with Crippen LogP contribution < -0.4 is 10.1 Å². The van der Waals surface area contributed by atoms with Crippen LogP contribution in [0.4, 0.5) is 5.00 Å². The molecule has 1 heterocycles. The number of rotatable bonds is 9. The quantitative estimate of drug-likeness (QED) is 0.626. The number of hydrogen-bond acceptors (Lipinski definition) is 7. The van der Waals surface area contributed by atoms with Crippen molar-refractivity contribution in [2.45, 2.75) is 33.6 Å². The van der Waals surface area contributed by atoms with Gasteiger partial charge in [-0.25, -0.2) is 4.79 Å². The average Bonchev–Trinajstić information content (AvgIpc) is 3.01. The molecule has 0 aliphatic rings. The number of anilines is 1. The van der Waals surface area contributed by atoms with Gasteiger partial charge in [-0.2, -0.15) is 0 Å². The zero-order chi connectivity index (χ0) is 21.4. The number of esters is 2. The van der Waals surface area contributed by atoms with Gasteiger partial charge in [-0.05, 0) is 43.5 Å². The van der Waals surface area contributed by atoms with Gasteiger partial charge in [0.25, 0.3) is 5.91 Å². The Morgan fingerprint density at radius 1 is 1.14 bits per heavy atom. The number of aryl methyl sites for hydroxylation is 1. The summed E-state index contributed by atoms with van der Waals surface area (Å²) in [4.78, 5) is 37.5. The van der Waals surface area contributed by atoms with Crippen molar-refractivity contribution < 1.29 is 28.6 Å². The molecule has 0 saturated heterocycles. The molecule has 1 amide bonds. The monoisotopic (exact) mass is 419 g/mol. The first-order valence-corrected chi connectivity index (χ1v) is 10.1. The second-order valence-electron chi connectivity index (χ2n) is 6.15. The van der Waals surface area contributed by atoms with Crippen molar-refractivity contribution in [3.63, 3.8) is 0 Å². The summed E-state index contributed by atoms with van der Waals surface area (Å²) in [6, 6.07) is 7.05. The van der Waals surface area contributed by atoms with Gasteiger partial charge in [0.15, 0.2) is 6.61 Å². The van der Waals surface area contributed by atoms with Crippen LogP contribution in [0.15, 0.2) is 24.3 Å². The molecule has 156 valence electrons. The predicted octanol–water partition coefficient (Wildman–Crippen LogP) is 3.53. The summed E-state index contributed by atoms with van der Waals surface area (Å²) >= 11 is 1.30. The van der Waals surface area contributed by atoms with E-state index in [0.29, 0.717) is 22.7 Å². The lowest BCUT2D eigenvalue weighted by atomic mass is 10.1. The van der Waals surface area contributed by atoms with Crippen molar-refractivity contribution in [3.05, 3.63) is 45.8 Å². The molecule has 0 radical (unpaired) electrons. The number of methoxy groups -OCH3 is 1. The lowest BCUT2D eigenvalue weighted by Gasteiger charge is -2.09. The zero-order valence-corrected chi connectivity index (χ0v) is 17.8. The molecule has 0 spiro atoms. The molecule has 8 heteroatoms. The van der Waals surface area contributed by atoms with Crippen LogP contribution in [0, 0.1) is 6.92 Å². The molecule has 0 atom stereocenters. The molecule has 2 aromatic rings. The van der Waals surface area contributed by atoms with Crippen LogP contribution >= 0.6 is 11.3 Å². The van der Waals surface area contributed by atoms with Crippen LogP contribution in [0.25, 0.3) is 0 Å². The number of amides is 1. The first kappa shape index (κ1) is 22.4. The Morgan fingerprint density at radius 3 is 2.55 bits per heavy atom. The van der Waals surface area contributed by atoms with Crippen LogP contribution in [0.3, 0.4) is 0 Å². The number of hydrogen-bond donors (Lipinski definition) is 1. The Balaban J connectivity index is 1.98. The minimum absolute atomic E-state index is 0.0245. The fourth-order valence-corrected chi connectivity index (χ4v) is 3.97. The third kappa shape index (κ3) is 6.05. The van der Waals surface area contributed by atoms with Crippen molar-refractivity contribution >= 4 is 34.2 Å². The molecular weight excluding hydrogens is 394 g/mol. The van der Waals surface area contributed by atoms with E-state index in [9.17, 15) is 14.4 Å². The topological polar surface area (TPSA) is 90.9 Å². The van der Waals surface area contributed by atoms with Crippen LogP contribution in [0.1, 0.15) is 40.2 Å². The maximum atomic E-state index is 12.3. The fourth-order valence-electron chi connectivity index (χ4n) is 2.82. The van der Waals surface area contributed by atoms with Crippen LogP contribution in [-0.2, 0) is 31.9 Å². The van der Waals surface area contributed by atoms with Crippen molar-refractivity contribution in [1.82, 2.24) is 0 Å². The second kappa shape index (κ2) is 10.6. The highest BCUT2D eigenvalue weighted by Crippen LogP contribution is 2.34. The van der Waals surface area contributed by atoms with E-state index in [1.807, 2.05) is 13.8 Å². The summed E-state index contributed by atoms with van der Waals surface area (Å²) in [7, 11) is 1.54. The van der Waals surface area contributed by atoms with E-state index in [0.717, 1.165) is 16.0 Å². The molecule has 0 bridgehead atoms. The van der Waals surface area contributed by atoms with E-state index in [2.05, 4.69) is 5.32 Å². The first-order chi connectivity index (χ1) is 13.9. The molecular formula is C21H25NO6S. The molecule has 0 aliphatic heterocycles. The molecule has 29 heavy (non-hydrogen) atoms. The maximum absolute atomic E-state index is 12.3. The van der Waals surface area contributed by atoms with Crippen molar-refractivity contribution in [3.8, 4) is 5.75 Å². The minimum Gasteiger partial charge on any atom is -0.497 e. The molecule has 7 nitrogen and oxygen atoms in total. The van der Waals surface area contributed by atoms with Gasteiger partial charge < -0.3 is 19.5 Å². The van der Waals surface area contributed by atoms with E-state index >= 15 is 0 Å². The van der Waals surface area contributed by atoms with Crippen LogP contribution in [0.5, 0.6) is 5.75 Å². The summed E-state index contributed by atoms with van der Waals surface area (Å²) in [5.41, 5.74) is 1.94. The van der Waals surface area contributed by atoms with E-state index in [4.69, 9.17) is 14.2 Å². The van der Waals surface area contributed by atoms with Crippen molar-refractivity contribution in [2.24, 2.45) is 0 Å². The highest BCUT2D eigenvalue weighted by molar-refractivity contribution is 7.16. The summed E-state index contributed by atoms with van der Waals surface area (Å²) in [6.45, 7) is 5.35. The third-order valence-electron chi connectivity index (χ3n) is 4.14. The summed E-state index contributed by atoms with van der Waals surface area (Å²) in [6.07, 6.45) is 0.665. The Labute approximate surface area is 174 Å². The van der Waals surface area contributed by atoms with E-state index in [-0.39, 0.29) is 13.0 Å². The summed E-state index contributed by atoms with van der Waals surface area (Å²) in [5, 5.41) is 3.07. The van der Waals surface area contributed by atoms with Crippen molar-refractivity contribution in [1.29, 1.82) is 0 Å².